The molecule has 4 heteroatoms. The Kier molecular flexibility index (Phi) is 6.34. The zero-order valence-corrected chi connectivity index (χ0v) is 13.7. The molecule has 0 amide bonds. The summed E-state index contributed by atoms with van der Waals surface area (Å²) < 4.78 is 5.88. The van der Waals surface area contributed by atoms with Crippen molar-refractivity contribution in [2.45, 2.75) is 51.7 Å². The Labute approximate surface area is 132 Å². The number of benzene rings is 1. The summed E-state index contributed by atoms with van der Waals surface area (Å²) >= 11 is 5.98. The third-order valence-corrected chi connectivity index (χ3v) is 4.50. The predicted octanol–water partition coefficient (Wildman–Crippen LogP) is 4.02. The Morgan fingerprint density at radius 3 is 2.90 bits per heavy atom. The number of halogens is 1. The van der Waals surface area contributed by atoms with Crippen LogP contribution in [-0.2, 0) is 4.74 Å². The molecule has 1 aromatic rings. The number of rotatable bonds is 6. The smallest absolute Gasteiger partial charge is 0.0945 e. The lowest BCUT2D eigenvalue weighted by Gasteiger charge is -2.29. The van der Waals surface area contributed by atoms with E-state index < -0.39 is 6.10 Å². The van der Waals surface area contributed by atoms with E-state index in [1.54, 1.807) is 0 Å². The molecule has 0 aromatic heterocycles. The number of ether oxygens (including phenoxy) is 1. The van der Waals surface area contributed by atoms with Gasteiger partial charge in [0.1, 0.15) is 0 Å². The zero-order chi connectivity index (χ0) is 15.2. The molecular weight excluding hydrogens is 286 g/mol. The fourth-order valence-corrected chi connectivity index (χ4v) is 3.01. The van der Waals surface area contributed by atoms with E-state index in [0.717, 1.165) is 17.7 Å². The van der Waals surface area contributed by atoms with Crippen molar-refractivity contribution < 1.29 is 9.84 Å². The summed E-state index contributed by atoms with van der Waals surface area (Å²) in [5, 5.41) is 14.0. The lowest BCUT2D eigenvalue weighted by Crippen LogP contribution is -2.32. The second kappa shape index (κ2) is 8.02. The number of aryl methyl sites for hydroxylation is 1. The molecule has 0 aliphatic heterocycles. The molecular formula is C17H26ClNO2. The molecule has 21 heavy (non-hydrogen) atoms. The van der Waals surface area contributed by atoms with Gasteiger partial charge in [0.25, 0.3) is 0 Å². The van der Waals surface area contributed by atoms with Crippen LogP contribution >= 0.6 is 11.6 Å². The minimum Gasteiger partial charge on any atom is -0.389 e. The molecule has 0 bridgehead atoms. The molecule has 3 nitrogen and oxygen atoms in total. The number of aliphatic hydroxyl groups is 1. The average Bonchev–Trinajstić information content (AvgIpc) is 2.47. The van der Waals surface area contributed by atoms with E-state index in [4.69, 9.17) is 16.3 Å². The van der Waals surface area contributed by atoms with Crippen LogP contribution in [0.5, 0.6) is 0 Å². The molecule has 1 fully saturated rings. The molecule has 0 saturated heterocycles. The van der Waals surface area contributed by atoms with Gasteiger partial charge in [-0.3, -0.25) is 0 Å². The first-order valence-corrected chi connectivity index (χ1v) is 8.23. The van der Waals surface area contributed by atoms with Gasteiger partial charge in [-0.2, -0.15) is 0 Å². The van der Waals surface area contributed by atoms with E-state index in [2.05, 4.69) is 12.2 Å². The third-order valence-electron chi connectivity index (χ3n) is 4.26. The van der Waals surface area contributed by atoms with Gasteiger partial charge in [-0.1, -0.05) is 37.4 Å². The van der Waals surface area contributed by atoms with E-state index in [-0.39, 0.29) is 0 Å². The van der Waals surface area contributed by atoms with E-state index >= 15 is 0 Å². The standard InChI is InChI=1S/C17H26ClNO2/c1-12-7-8-14(18)9-16(12)19-10-15(20)11-21-17-6-4-3-5-13(17)2/h7-9,13,15,17,19-20H,3-6,10-11H2,1-2H3. The van der Waals surface area contributed by atoms with E-state index in [9.17, 15) is 5.11 Å². The highest BCUT2D eigenvalue weighted by Crippen LogP contribution is 2.26. The highest BCUT2D eigenvalue weighted by atomic mass is 35.5. The SMILES string of the molecule is Cc1ccc(Cl)cc1NCC(O)COC1CCCCC1C. The second-order valence-corrected chi connectivity index (χ2v) is 6.56. The first kappa shape index (κ1) is 16.6. The van der Waals surface area contributed by atoms with Crippen LogP contribution in [0.4, 0.5) is 5.69 Å². The van der Waals surface area contributed by atoms with Gasteiger partial charge in [0.15, 0.2) is 0 Å². The molecule has 2 N–H and O–H groups in total. The van der Waals surface area contributed by atoms with Gasteiger partial charge in [0.2, 0.25) is 0 Å². The van der Waals surface area contributed by atoms with Gasteiger partial charge in [0.05, 0.1) is 18.8 Å². The van der Waals surface area contributed by atoms with Crippen molar-refractivity contribution in [3.8, 4) is 0 Å². The summed E-state index contributed by atoms with van der Waals surface area (Å²) in [6.07, 6.45) is 4.71. The average molecular weight is 312 g/mol. The largest absolute Gasteiger partial charge is 0.389 e. The number of aliphatic hydroxyl groups excluding tert-OH is 1. The minimum atomic E-state index is -0.502. The summed E-state index contributed by atoms with van der Waals surface area (Å²) in [6.45, 7) is 5.12. The van der Waals surface area contributed by atoms with Gasteiger partial charge < -0.3 is 15.2 Å². The summed E-state index contributed by atoms with van der Waals surface area (Å²) in [7, 11) is 0. The monoisotopic (exact) mass is 311 g/mol. The fraction of sp³-hybridized carbons (Fsp3) is 0.647. The molecule has 2 rings (SSSR count). The van der Waals surface area contributed by atoms with Gasteiger partial charge in [-0.15, -0.1) is 0 Å². The van der Waals surface area contributed by atoms with Crippen molar-refractivity contribution in [2.75, 3.05) is 18.5 Å². The fourth-order valence-electron chi connectivity index (χ4n) is 2.84. The summed E-state index contributed by atoms with van der Waals surface area (Å²) in [6, 6.07) is 5.72. The first-order chi connectivity index (χ1) is 10.1. The van der Waals surface area contributed by atoms with Crippen molar-refractivity contribution >= 4 is 17.3 Å². The quantitative estimate of drug-likeness (QED) is 0.834. The highest BCUT2D eigenvalue weighted by Gasteiger charge is 2.22. The lowest BCUT2D eigenvalue weighted by atomic mass is 9.88. The molecule has 1 aliphatic rings. The van der Waals surface area contributed by atoms with Crippen molar-refractivity contribution in [3.05, 3.63) is 28.8 Å². The Morgan fingerprint density at radius 1 is 1.38 bits per heavy atom. The number of nitrogens with one attached hydrogen (secondary N) is 1. The third kappa shape index (κ3) is 5.17. The van der Waals surface area contributed by atoms with Crippen LogP contribution in [0.25, 0.3) is 0 Å². The molecule has 0 radical (unpaired) electrons. The van der Waals surface area contributed by atoms with Crippen LogP contribution in [0.2, 0.25) is 5.02 Å². The van der Waals surface area contributed by atoms with Gasteiger partial charge in [-0.05, 0) is 43.4 Å². The maximum atomic E-state index is 10.1. The Morgan fingerprint density at radius 2 is 2.14 bits per heavy atom. The van der Waals surface area contributed by atoms with Gasteiger partial charge in [-0.25, -0.2) is 0 Å². The summed E-state index contributed by atoms with van der Waals surface area (Å²) in [5.41, 5.74) is 2.08. The lowest BCUT2D eigenvalue weighted by molar-refractivity contribution is -0.0424. The highest BCUT2D eigenvalue weighted by molar-refractivity contribution is 6.30. The normalized spacial score (nSPS) is 23.8. The van der Waals surface area contributed by atoms with Crippen LogP contribution in [0.15, 0.2) is 18.2 Å². The molecule has 1 saturated carbocycles. The van der Waals surface area contributed by atoms with Crippen molar-refractivity contribution in [1.29, 1.82) is 0 Å². The topological polar surface area (TPSA) is 41.5 Å². The van der Waals surface area contributed by atoms with Crippen molar-refractivity contribution in [1.82, 2.24) is 0 Å². The Bertz CT molecular complexity index is 452. The minimum absolute atomic E-state index is 0.307. The molecule has 0 spiro atoms. The molecule has 1 aromatic carbocycles. The molecule has 3 unspecified atom stereocenters. The summed E-state index contributed by atoms with van der Waals surface area (Å²) in [4.78, 5) is 0. The van der Waals surface area contributed by atoms with Gasteiger partial charge in [0, 0.05) is 17.3 Å². The number of hydrogen-bond donors (Lipinski definition) is 2. The van der Waals surface area contributed by atoms with Crippen LogP contribution in [0.1, 0.15) is 38.2 Å². The summed E-state index contributed by atoms with van der Waals surface area (Å²) in [5.74, 6) is 0.606. The van der Waals surface area contributed by atoms with Crippen molar-refractivity contribution in [2.24, 2.45) is 5.92 Å². The Balaban J connectivity index is 1.74. The van der Waals surface area contributed by atoms with Crippen LogP contribution in [-0.4, -0.2) is 30.5 Å². The van der Waals surface area contributed by atoms with E-state index in [0.29, 0.717) is 30.2 Å². The van der Waals surface area contributed by atoms with Gasteiger partial charge >= 0.3 is 0 Å². The predicted molar refractivity (Wildman–Crippen MR) is 88.1 cm³/mol. The molecule has 0 heterocycles. The molecule has 1 aliphatic carbocycles. The number of hydrogen-bond acceptors (Lipinski definition) is 3. The van der Waals surface area contributed by atoms with Crippen LogP contribution < -0.4 is 5.32 Å². The number of anilines is 1. The zero-order valence-electron chi connectivity index (χ0n) is 12.9. The maximum Gasteiger partial charge on any atom is 0.0945 e. The van der Waals surface area contributed by atoms with Crippen LogP contribution in [0, 0.1) is 12.8 Å². The van der Waals surface area contributed by atoms with Crippen LogP contribution in [0.3, 0.4) is 0 Å². The first-order valence-electron chi connectivity index (χ1n) is 7.86. The van der Waals surface area contributed by atoms with E-state index in [1.807, 2.05) is 25.1 Å². The van der Waals surface area contributed by atoms with E-state index in [1.165, 1.54) is 19.3 Å². The molecule has 3 atom stereocenters. The Hall–Kier alpha value is -0.770. The van der Waals surface area contributed by atoms with Crippen molar-refractivity contribution in [3.63, 3.8) is 0 Å². The second-order valence-electron chi connectivity index (χ2n) is 6.13. The molecule has 118 valence electrons. The maximum absolute atomic E-state index is 10.1.